The summed E-state index contributed by atoms with van der Waals surface area (Å²) >= 11 is 5.03. The fraction of sp³-hybridized carbons (Fsp3) is 0.182. The number of imidazole rings is 1. The van der Waals surface area contributed by atoms with Crippen molar-refractivity contribution in [2.75, 3.05) is 12.4 Å². The topological polar surface area (TPSA) is 37.9 Å². The van der Waals surface area contributed by atoms with Crippen LogP contribution < -0.4 is 4.74 Å². The lowest BCUT2D eigenvalue weighted by molar-refractivity contribution is 0.344. The van der Waals surface area contributed by atoms with Gasteiger partial charge in [-0.1, -0.05) is 27.7 Å². The third-order valence-corrected chi connectivity index (χ3v) is 3.27. The molecule has 0 spiro atoms. The number of ether oxygens (including phenoxy) is 1. The van der Waals surface area contributed by atoms with Gasteiger partial charge in [-0.2, -0.15) is 0 Å². The van der Waals surface area contributed by atoms with Crippen LogP contribution in [0, 0.1) is 0 Å². The molecule has 0 saturated heterocycles. The zero-order valence-corrected chi connectivity index (χ0v) is 10.9. The van der Waals surface area contributed by atoms with Gasteiger partial charge in [0.15, 0.2) is 5.16 Å². The van der Waals surface area contributed by atoms with E-state index in [9.17, 15) is 0 Å². The van der Waals surface area contributed by atoms with Gasteiger partial charge in [0, 0.05) is 22.6 Å². The number of rotatable bonds is 5. The highest BCUT2D eigenvalue weighted by Gasteiger charge is 1.97. The molecule has 1 aromatic carbocycles. The molecule has 1 heterocycles. The van der Waals surface area contributed by atoms with Gasteiger partial charge in [-0.15, -0.1) is 0 Å². The van der Waals surface area contributed by atoms with E-state index in [4.69, 9.17) is 4.74 Å². The molecule has 0 aliphatic heterocycles. The van der Waals surface area contributed by atoms with Crippen molar-refractivity contribution in [2.45, 2.75) is 5.16 Å². The van der Waals surface area contributed by atoms with Crippen molar-refractivity contribution in [2.24, 2.45) is 0 Å². The van der Waals surface area contributed by atoms with E-state index >= 15 is 0 Å². The second-order valence-corrected chi connectivity index (χ2v) is 5.04. The van der Waals surface area contributed by atoms with Crippen LogP contribution in [0.25, 0.3) is 0 Å². The predicted octanol–water partition coefficient (Wildman–Crippen LogP) is 3.34. The third-order valence-electron chi connectivity index (χ3n) is 1.88. The number of nitrogens with one attached hydrogen (secondary N) is 1. The van der Waals surface area contributed by atoms with Gasteiger partial charge in [0.05, 0.1) is 6.61 Å². The van der Waals surface area contributed by atoms with Crippen LogP contribution in [-0.2, 0) is 0 Å². The SMILES string of the molecule is Brc1ccc(OCCSc2ncc[nH]2)cc1. The molecule has 1 N–H and O–H groups in total. The lowest BCUT2D eigenvalue weighted by atomic mass is 10.3. The number of hydrogen-bond acceptors (Lipinski definition) is 3. The quantitative estimate of drug-likeness (QED) is 0.679. The van der Waals surface area contributed by atoms with E-state index in [1.807, 2.05) is 30.5 Å². The van der Waals surface area contributed by atoms with E-state index in [1.54, 1.807) is 18.0 Å². The molecule has 2 aromatic rings. The van der Waals surface area contributed by atoms with Crippen LogP contribution in [0.1, 0.15) is 0 Å². The van der Waals surface area contributed by atoms with Gasteiger partial charge in [-0.25, -0.2) is 4.98 Å². The molecule has 0 aliphatic rings. The molecule has 0 amide bonds. The molecular weight excluding hydrogens is 288 g/mol. The van der Waals surface area contributed by atoms with Crippen LogP contribution in [-0.4, -0.2) is 22.3 Å². The monoisotopic (exact) mass is 298 g/mol. The lowest BCUT2D eigenvalue weighted by Gasteiger charge is -2.04. The minimum Gasteiger partial charge on any atom is -0.493 e. The zero-order valence-electron chi connectivity index (χ0n) is 8.52. The maximum Gasteiger partial charge on any atom is 0.165 e. The lowest BCUT2D eigenvalue weighted by Crippen LogP contribution is -2.00. The summed E-state index contributed by atoms with van der Waals surface area (Å²) in [5, 5.41) is 0.930. The van der Waals surface area contributed by atoms with Crippen LogP contribution in [0.5, 0.6) is 5.75 Å². The van der Waals surface area contributed by atoms with Crippen molar-refractivity contribution in [3.63, 3.8) is 0 Å². The molecule has 0 atom stereocenters. The van der Waals surface area contributed by atoms with Crippen molar-refractivity contribution in [1.82, 2.24) is 9.97 Å². The molecule has 0 unspecified atom stereocenters. The van der Waals surface area contributed by atoms with E-state index in [-0.39, 0.29) is 0 Å². The summed E-state index contributed by atoms with van der Waals surface area (Å²) in [7, 11) is 0. The van der Waals surface area contributed by atoms with E-state index in [1.165, 1.54) is 0 Å². The first-order valence-corrected chi connectivity index (χ1v) is 6.63. The molecule has 0 fully saturated rings. The third kappa shape index (κ3) is 3.57. The van der Waals surface area contributed by atoms with Gasteiger partial charge in [0.1, 0.15) is 5.75 Å². The van der Waals surface area contributed by atoms with Gasteiger partial charge in [-0.05, 0) is 24.3 Å². The van der Waals surface area contributed by atoms with E-state index in [0.29, 0.717) is 6.61 Å². The molecular formula is C11H11BrN2OS. The number of aromatic nitrogens is 2. The molecule has 3 nitrogen and oxygen atoms in total. The fourth-order valence-electron chi connectivity index (χ4n) is 1.16. The minimum atomic E-state index is 0.674. The number of aromatic amines is 1. The molecule has 0 saturated carbocycles. The normalized spacial score (nSPS) is 10.3. The fourth-order valence-corrected chi connectivity index (χ4v) is 2.07. The molecule has 1 aromatic heterocycles. The molecule has 0 bridgehead atoms. The van der Waals surface area contributed by atoms with Crippen molar-refractivity contribution in [1.29, 1.82) is 0 Å². The van der Waals surface area contributed by atoms with Gasteiger partial charge in [0.2, 0.25) is 0 Å². The second-order valence-electron chi connectivity index (χ2n) is 3.05. The van der Waals surface area contributed by atoms with Crippen LogP contribution >= 0.6 is 27.7 Å². The summed E-state index contributed by atoms with van der Waals surface area (Å²) in [6.45, 7) is 0.674. The number of nitrogens with zero attached hydrogens (tertiary/aromatic N) is 1. The standard InChI is InChI=1S/C11H11BrN2OS/c12-9-1-3-10(4-2-9)15-7-8-16-11-13-5-6-14-11/h1-6H,7-8H2,(H,13,14). The Morgan fingerprint density at radius 3 is 2.81 bits per heavy atom. The summed E-state index contributed by atoms with van der Waals surface area (Å²) in [5.74, 6) is 1.77. The van der Waals surface area contributed by atoms with Crippen molar-refractivity contribution < 1.29 is 4.74 Å². The number of H-pyrrole nitrogens is 1. The van der Waals surface area contributed by atoms with E-state index < -0.39 is 0 Å². The smallest absolute Gasteiger partial charge is 0.165 e. The Bertz CT molecular complexity index is 416. The largest absolute Gasteiger partial charge is 0.493 e. The zero-order chi connectivity index (χ0) is 11.2. The summed E-state index contributed by atoms with van der Waals surface area (Å²) in [6.07, 6.45) is 3.57. The molecule has 16 heavy (non-hydrogen) atoms. The Balaban J connectivity index is 1.70. The number of benzene rings is 1. The maximum absolute atomic E-state index is 5.58. The van der Waals surface area contributed by atoms with Gasteiger partial charge in [-0.3, -0.25) is 0 Å². The number of thioether (sulfide) groups is 1. The Labute approximate surface area is 107 Å². The summed E-state index contributed by atoms with van der Waals surface area (Å²) in [5.41, 5.74) is 0. The highest BCUT2D eigenvalue weighted by molar-refractivity contribution is 9.10. The van der Waals surface area contributed by atoms with Gasteiger partial charge in [0.25, 0.3) is 0 Å². The second kappa shape index (κ2) is 5.96. The number of hydrogen-bond donors (Lipinski definition) is 1. The summed E-state index contributed by atoms with van der Waals surface area (Å²) in [4.78, 5) is 7.15. The van der Waals surface area contributed by atoms with Crippen LogP contribution in [0.15, 0.2) is 46.3 Å². The molecule has 5 heteroatoms. The van der Waals surface area contributed by atoms with Crippen molar-refractivity contribution in [3.8, 4) is 5.75 Å². The van der Waals surface area contributed by atoms with Gasteiger partial charge < -0.3 is 9.72 Å². The highest BCUT2D eigenvalue weighted by Crippen LogP contribution is 2.17. The minimum absolute atomic E-state index is 0.674. The Kier molecular flexibility index (Phi) is 4.30. The van der Waals surface area contributed by atoms with Crippen molar-refractivity contribution in [3.05, 3.63) is 41.1 Å². The summed E-state index contributed by atoms with van der Waals surface area (Å²) < 4.78 is 6.64. The molecule has 2 rings (SSSR count). The van der Waals surface area contributed by atoms with Crippen LogP contribution in [0.2, 0.25) is 0 Å². The first-order chi connectivity index (χ1) is 7.84. The first kappa shape index (κ1) is 11.5. The van der Waals surface area contributed by atoms with E-state index in [2.05, 4.69) is 25.9 Å². The van der Waals surface area contributed by atoms with Gasteiger partial charge >= 0.3 is 0 Å². The highest BCUT2D eigenvalue weighted by atomic mass is 79.9. The first-order valence-electron chi connectivity index (χ1n) is 4.85. The average molecular weight is 299 g/mol. The molecule has 0 aliphatic carbocycles. The average Bonchev–Trinajstić information content (AvgIpc) is 2.80. The Morgan fingerprint density at radius 1 is 1.31 bits per heavy atom. The Hall–Kier alpha value is -0.940. The molecule has 84 valence electrons. The summed E-state index contributed by atoms with van der Waals surface area (Å²) in [6, 6.07) is 7.83. The Morgan fingerprint density at radius 2 is 2.12 bits per heavy atom. The van der Waals surface area contributed by atoms with Crippen molar-refractivity contribution >= 4 is 27.7 Å². The predicted molar refractivity (Wildman–Crippen MR) is 68.9 cm³/mol. The number of halogens is 1. The maximum atomic E-state index is 5.58. The molecule has 0 radical (unpaired) electrons. The van der Waals surface area contributed by atoms with E-state index in [0.717, 1.165) is 21.1 Å². The van der Waals surface area contributed by atoms with Crippen LogP contribution in [0.4, 0.5) is 0 Å². The van der Waals surface area contributed by atoms with Crippen LogP contribution in [0.3, 0.4) is 0 Å².